The fourth-order valence-corrected chi connectivity index (χ4v) is 4.23. The summed E-state index contributed by atoms with van der Waals surface area (Å²) in [6, 6.07) is 10.6. The molecule has 0 radical (unpaired) electrons. The highest BCUT2D eigenvalue weighted by Crippen LogP contribution is 2.39. The van der Waals surface area contributed by atoms with Crippen molar-refractivity contribution in [2.45, 2.75) is 17.4 Å². The molecule has 6 heteroatoms. The zero-order chi connectivity index (χ0) is 15.6. The Hall–Kier alpha value is -1.24. The van der Waals surface area contributed by atoms with Crippen LogP contribution in [0.25, 0.3) is 0 Å². The molecule has 0 bridgehead atoms. The van der Waals surface area contributed by atoms with Crippen molar-refractivity contribution in [1.82, 2.24) is 9.80 Å². The van der Waals surface area contributed by atoms with Gasteiger partial charge in [0.25, 0.3) is 0 Å². The highest BCUT2D eigenvalue weighted by Gasteiger charge is 2.52. The molecule has 3 N–H and O–H groups in total. The van der Waals surface area contributed by atoms with Gasteiger partial charge < -0.3 is 20.6 Å². The number of likely N-dealkylation sites (tertiary alicyclic amines) is 2. The van der Waals surface area contributed by atoms with Crippen LogP contribution in [-0.2, 0) is 0 Å². The topological polar surface area (TPSA) is 69.8 Å². The highest BCUT2D eigenvalue weighted by molar-refractivity contribution is 7.99. The van der Waals surface area contributed by atoms with E-state index in [9.17, 15) is 4.79 Å². The molecule has 1 spiro atoms. The number of thioether (sulfide) groups is 1. The molecule has 22 heavy (non-hydrogen) atoms. The molecular formula is C16H23N3O2S. The quantitative estimate of drug-likeness (QED) is 0.782. The van der Waals surface area contributed by atoms with Gasteiger partial charge in [0.05, 0.1) is 0 Å². The molecule has 2 fully saturated rings. The third-order valence-corrected chi connectivity index (χ3v) is 5.66. The predicted octanol–water partition coefficient (Wildman–Crippen LogP) is 1.79. The number of benzene rings is 1. The lowest BCUT2D eigenvalue weighted by Crippen LogP contribution is -2.72. The third kappa shape index (κ3) is 3.56. The fraction of sp³-hybridized carbons (Fsp3) is 0.562. The molecule has 120 valence electrons. The van der Waals surface area contributed by atoms with Crippen LogP contribution in [0.5, 0.6) is 0 Å². The summed E-state index contributed by atoms with van der Waals surface area (Å²) in [4.78, 5) is 16.0. The first kappa shape index (κ1) is 15.6. The number of hydrogen-bond donors (Lipinski definition) is 2. The van der Waals surface area contributed by atoms with Gasteiger partial charge in [0, 0.05) is 48.3 Å². The van der Waals surface area contributed by atoms with Gasteiger partial charge in [-0.2, -0.15) is 0 Å². The molecule has 1 unspecified atom stereocenters. The molecule has 3 rings (SSSR count). The second-order valence-corrected chi connectivity index (χ2v) is 7.62. The van der Waals surface area contributed by atoms with Gasteiger partial charge >= 0.3 is 6.09 Å². The van der Waals surface area contributed by atoms with Crippen molar-refractivity contribution < 1.29 is 9.90 Å². The Morgan fingerprint density at radius 2 is 1.95 bits per heavy atom. The van der Waals surface area contributed by atoms with Crippen LogP contribution in [0.4, 0.5) is 4.79 Å². The van der Waals surface area contributed by atoms with Crippen LogP contribution >= 0.6 is 11.8 Å². The number of carbonyl (C=O) groups is 1. The van der Waals surface area contributed by atoms with Crippen molar-refractivity contribution in [2.75, 3.05) is 38.5 Å². The predicted molar refractivity (Wildman–Crippen MR) is 88.2 cm³/mol. The summed E-state index contributed by atoms with van der Waals surface area (Å²) in [5.41, 5.74) is 6.44. The second-order valence-electron chi connectivity index (χ2n) is 6.52. The molecule has 1 atom stereocenters. The Kier molecular flexibility index (Phi) is 4.61. The lowest BCUT2D eigenvalue weighted by molar-refractivity contribution is -0.102. The van der Waals surface area contributed by atoms with Gasteiger partial charge in [-0.3, -0.25) is 0 Å². The maximum atomic E-state index is 10.8. The number of rotatable bonds is 6. The smallest absolute Gasteiger partial charge is 0.407 e. The van der Waals surface area contributed by atoms with Crippen molar-refractivity contribution >= 4 is 17.9 Å². The molecule has 5 nitrogen and oxygen atoms in total. The maximum absolute atomic E-state index is 10.8. The third-order valence-electron chi connectivity index (χ3n) is 4.46. The molecule has 0 aromatic heterocycles. The van der Waals surface area contributed by atoms with Gasteiger partial charge in [-0.15, -0.1) is 11.8 Å². The van der Waals surface area contributed by atoms with Crippen LogP contribution < -0.4 is 5.73 Å². The van der Waals surface area contributed by atoms with E-state index in [4.69, 9.17) is 10.8 Å². The van der Waals surface area contributed by atoms with E-state index < -0.39 is 6.09 Å². The number of carboxylic acid groups (broad SMARTS) is 1. The van der Waals surface area contributed by atoms with Gasteiger partial charge in [0.2, 0.25) is 0 Å². The van der Waals surface area contributed by atoms with Crippen molar-refractivity contribution in [1.29, 1.82) is 0 Å². The van der Waals surface area contributed by atoms with E-state index in [0.717, 1.165) is 31.8 Å². The Bertz CT molecular complexity index is 511. The molecule has 1 aromatic rings. The summed E-state index contributed by atoms with van der Waals surface area (Å²) < 4.78 is 0. The first-order valence-corrected chi connectivity index (χ1v) is 8.69. The van der Waals surface area contributed by atoms with E-state index in [-0.39, 0.29) is 11.5 Å². The van der Waals surface area contributed by atoms with Gasteiger partial charge in [0.1, 0.15) is 0 Å². The molecule has 2 heterocycles. The Morgan fingerprint density at radius 1 is 1.27 bits per heavy atom. The summed E-state index contributed by atoms with van der Waals surface area (Å²) in [6.07, 6.45) is 0.211. The zero-order valence-corrected chi connectivity index (χ0v) is 13.5. The number of nitrogens with two attached hydrogens (primary N) is 1. The average molecular weight is 321 g/mol. The fourth-order valence-electron chi connectivity index (χ4n) is 3.31. The molecular weight excluding hydrogens is 298 g/mol. The summed E-state index contributed by atoms with van der Waals surface area (Å²) in [5.74, 6) is 0.940. The molecule has 1 amide bonds. The van der Waals surface area contributed by atoms with Crippen molar-refractivity contribution in [3.05, 3.63) is 30.3 Å². The van der Waals surface area contributed by atoms with E-state index in [2.05, 4.69) is 17.0 Å². The SMILES string of the molecule is NC(CCN1CC2(C1)CN(C(=O)O)C2)CSc1ccccc1. The molecule has 2 aliphatic heterocycles. The largest absolute Gasteiger partial charge is 0.465 e. The number of amides is 1. The summed E-state index contributed by atoms with van der Waals surface area (Å²) in [6.45, 7) is 4.47. The Balaban J connectivity index is 1.29. The Morgan fingerprint density at radius 3 is 2.59 bits per heavy atom. The van der Waals surface area contributed by atoms with E-state index >= 15 is 0 Å². The van der Waals surface area contributed by atoms with Crippen LogP contribution in [0.2, 0.25) is 0 Å². The van der Waals surface area contributed by atoms with Gasteiger partial charge in [-0.25, -0.2) is 4.79 Å². The second kappa shape index (κ2) is 6.48. The number of nitrogens with zero attached hydrogens (tertiary/aromatic N) is 2. The van der Waals surface area contributed by atoms with Crippen LogP contribution in [0.1, 0.15) is 6.42 Å². The normalized spacial score (nSPS) is 21.2. The first-order chi connectivity index (χ1) is 10.6. The van der Waals surface area contributed by atoms with Gasteiger partial charge in [0.15, 0.2) is 0 Å². The van der Waals surface area contributed by atoms with E-state index in [0.29, 0.717) is 13.1 Å². The van der Waals surface area contributed by atoms with Gasteiger partial charge in [-0.1, -0.05) is 18.2 Å². The van der Waals surface area contributed by atoms with E-state index in [1.807, 2.05) is 30.0 Å². The summed E-state index contributed by atoms with van der Waals surface area (Å²) in [5, 5.41) is 8.87. The Labute approximate surface area is 135 Å². The van der Waals surface area contributed by atoms with Crippen molar-refractivity contribution in [3.63, 3.8) is 0 Å². The van der Waals surface area contributed by atoms with E-state index in [1.54, 1.807) is 0 Å². The lowest BCUT2D eigenvalue weighted by atomic mass is 9.73. The van der Waals surface area contributed by atoms with Crippen molar-refractivity contribution in [2.24, 2.45) is 11.1 Å². The maximum Gasteiger partial charge on any atom is 0.407 e. The van der Waals surface area contributed by atoms with Crippen molar-refractivity contribution in [3.8, 4) is 0 Å². The zero-order valence-electron chi connectivity index (χ0n) is 12.6. The van der Waals surface area contributed by atoms with Crippen LogP contribution in [0, 0.1) is 5.41 Å². The van der Waals surface area contributed by atoms with Gasteiger partial charge in [-0.05, 0) is 25.1 Å². The minimum atomic E-state index is -0.788. The summed E-state index contributed by atoms with van der Waals surface area (Å²) >= 11 is 1.81. The number of hydrogen-bond acceptors (Lipinski definition) is 4. The minimum Gasteiger partial charge on any atom is -0.465 e. The lowest BCUT2D eigenvalue weighted by Gasteiger charge is -2.59. The molecule has 2 saturated heterocycles. The molecule has 2 aliphatic rings. The molecule has 0 saturated carbocycles. The highest BCUT2D eigenvalue weighted by atomic mass is 32.2. The standard InChI is InChI=1S/C16H23N3O2S/c17-13(8-22-14-4-2-1-3-5-14)6-7-18-9-16(10-18)11-19(12-16)15(20)21/h1-5,13H,6-12,17H2,(H,20,21). The summed E-state index contributed by atoms with van der Waals surface area (Å²) in [7, 11) is 0. The van der Waals surface area contributed by atoms with E-state index in [1.165, 1.54) is 9.80 Å². The first-order valence-electron chi connectivity index (χ1n) is 7.70. The van der Waals surface area contributed by atoms with Crippen LogP contribution in [-0.4, -0.2) is 65.5 Å². The minimum absolute atomic E-state index is 0.207. The van der Waals surface area contributed by atoms with Crippen LogP contribution in [0.15, 0.2) is 35.2 Å². The molecule has 0 aliphatic carbocycles. The van der Waals surface area contributed by atoms with Crippen LogP contribution in [0.3, 0.4) is 0 Å². The molecule has 1 aromatic carbocycles. The monoisotopic (exact) mass is 321 g/mol. The average Bonchev–Trinajstić information content (AvgIpc) is 2.42.